The molecule has 0 aliphatic carbocycles. The van der Waals surface area contributed by atoms with Crippen molar-refractivity contribution in [3.63, 3.8) is 0 Å². The fraction of sp³-hybridized carbons (Fsp3) is 0.316. The second kappa shape index (κ2) is 7.88. The molecular formula is C19H22N2O4S. The van der Waals surface area contributed by atoms with Crippen LogP contribution in [0.25, 0.3) is 6.08 Å². The predicted molar refractivity (Wildman–Crippen MR) is 100 cm³/mol. The lowest BCUT2D eigenvalue weighted by Crippen LogP contribution is -2.35. The molecule has 7 heteroatoms. The van der Waals surface area contributed by atoms with Gasteiger partial charge in [0.2, 0.25) is 15.9 Å². The SMILES string of the molecule is Cc1ccc(/C=C/C(=O)Nc2cccc(S(=O)(=O)N3CCCCC3)c2)o1. The van der Waals surface area contributed by atoms with Crippen LogP contribution in [0.3, 0.4) is 0 Å². The number of anilines is 1. The van der Waals surface area contributed by atoms with Crippen LogP contribution in [-0.2, 0) is 14.8 Å². The second-order valence-electron chi connectivity index (χ2n) is 6.26. The summed E-state index contributed by atoms with van der Waals surface area (Å²) in [6.07, 6.45) is 5.74. The summed E-state index contributed by atoms with van der Waals surface area (Å²) in [7, 11) is -3.52. The summed E-state index contributed by atoms with van der Waals surface area (Å²) in [6.45, 7) is 2.92. The highest BCUT2D eigenvalue weighted by atomic mass is 32.2. The Bertz CT molecular complexity index is 909. The fourth-order valence-electron chi connectivity index (χ4n) is 2.87. The van der Waals surface area contributed by atoms with Gasteiger partial charge in [0.05, 0.1) is 4.90 Å². The number of hydrogen-bond donors (Lipinski definition) is 1. The van der Waals surface area contributed by atoms with E-state index in [1.54, 1.807) is 30.3 Å². The Balaban J connectivity index is 1.70. The third kappa shape index (κ3) is 4.42. The minimum atomic E-state index is -3.52. The van der Waals surface area contributed by atoms with Crippen molar-refractivity contribution in [3.8, 4) is 0 Å². The Labute approximate surface area is 153 Å². The molecule has 138 valence electrons. The van der Waals surface area contributed by atoms with Crippen molar-refractivity contribution < 1.29 is 17.6 Å². The molecule has 0 radical (unpaired) electrons. The summed E-state index contributed by atoms with van der Waals surface area (Å²) in [5.41, 5.74) is 0.438. The molecule has 0 bridgehead atoms. The van der Waals surface area contributed by atoms with Crippen molar-refractivity contribution in [3.05, 3.63) is 54.0 Å². The van der Waals surface area contributed by atoms with Crippen molar-refractivity contribution in [2.45, 2.75) is 31.1 Å². The number of piperidine rings is 1. The van der Waals surface area contributed by atoms with Crippen molar-refractivity contribution in [1.29, 1.82) is 0 Å². The molecular weight excluding hydrogens is 352 g/mol. The first-order chi connectivity index (χ1) is 12.4. The zero-order valence-electron chi connectivity index (χ0n) is 14.6. The monoisotopic (exact) mass is 374 g/mol. The number of carbonyl (C=O) groups excluding carboxylic acids is 1. The smallest absolute Gasteiger partial charge is 0.248 e. The van der Waals surface area contributed by atoms with E-state index in [-0.39, 0.29) is 10.8 Å². The van der Waals surface area contributed by atoms with E-state index in [0.717, 1.165) is 25.0 Å². The Morgan fingerprint density at radius 1 is 1.15 bits per heavy atom. The van der Waals surface area contributed by atoms with Gasteiger partial charge < -0.3 is 9.73 Å². The average molecular weight is 374 g/mol. The third-order valence-corrected chi connectivity index (χ3v) is 6.11. The van der Waals surface area contributed by atoms with Gasteiger partial charge in [0.15, 0.2) is 0 Å². The second-order valence-corrected chi connectivity index (χ2v) is 8.20. The van der Waals surface area contributed by atoms with E-state index in [4.69, 9.17) is 4.42 Å². The minimum Gasteiger partial charge on any atom is -0.462 e. The number of furan rings is 1. The molecule has 1 saturated heterocycles. The lowest BCUT2D eigenvalue weighted by Gasteiger charge is -2.26. The summed E-state index contributed by atoms with van der Waals surface area (Å²) in [5.74, 6) is 0.992. The van der Waals surface area contributed by atoms with Gasteiger partial charge in [-0.15, -0.1) is 0 Å². The summed E-state index contributed by atoms with van der Waals surface area (Å²) in [6, 6.07) is 9.93. The molecule has 6 nitrogen and oxygen atoms in total. The van der Waals surface area contributed by atoms with Crippen molar-refractivity contribution in [2.24, 2.45) is 0 Å². The van der Waals surface area contributed by atoms with E-state index in [1.807, 2.05) is 13.0 Å². The van der Waals surface area contributed by atoms with E-state index in [9.17, 15) is 13.2 Å². The standard InChI is InChI=1S/C19H22N2O4S/c1-15-8-9-17(25-15)10-11-19(22)20-16-6-5-7-18(14-16)26(23,24)21-12-3-2-4-13-21/h5-11,14H,2-4,12-13H2,1H3,(H,20,22)/b11-10+. The summed E-state index contributed by atoms with van der Waals surface area (Å²) < 4.78 is 32.3. The Hall–Kier alpha value is -2.38. The van der Waals surface area contributed by atoms with E-state index < -0.39 is 10.0 Å². The first kappa shape index (κ1) is 18.4. The molecule has 2 heterocycles. The van der Waals surface area contributed by atoms with Crippen molar-refractivity contribution >= 4 is 27.7 Å². The number of aryl methyl sites for hydroxylation is 1. The topological polar surface area (TPSA) is 79.6 Å². The molecule has 2 aromatic rings. The van der Waals surface area contributed by atoms with Crippen LogP contribution < -0.4 is 5.32 Å². The summed E-state index contributed by atoms with van der Waals surface area (Å²) in [4.78, 5) is 12.3. The molecule has 26 heavy (non-hydrogen) atoms. The molecule has 0 unspecified atom stereocenters. The predicted octanol–water partition coefficient (Wildman–Crippen LogP) is 3.41. The van der Waals surface area contributed by atoms with Crippen LogP contribution in [0, 0.1) is 6.92 Å². The lowest BCUT2D eigenvalue weighted by atomic mass is 10.2. The number of rotatable bonds is 5. The van der Waals surface area contributed by atoms with Gasteiger partial charge in [-0.05, 0) is 56.2 Å². The Morgan fingerprint density at radius 2 is 1.92 bits per heavy atom. The van der Waals surface area contributed by atoms with Gasteiger partial charge >= 0.3 is 0 Å². The molecule has 1 aliphatic heterocycles. The first-order valence-corrected chi connectivity index (χ1v) is 10.0. The number of benzene rings is 1. The molecule has 3 rings (SSSR count). The van der Waals surface area contributed by atoms with Crippen LogP contribution in [0.15, 0.2) is 51.8 Å². The molecule has 0 saturated carbocycles. The van der Waals surface area contributed by atoms with Gasteiger partial charge in [0, 0.05) is 24.9 Å². The van der Waals surface area contributed by atoms with Gasteiger partial charge in [-0.2, -0.15) is 4.31 Å². The maximum atomic E-state index is 12.7. The van der Waals surface area contributed by atoms with Crippen molar-refractivity contribution in [1.82, 2.24) is 4.31 Å². The van der Waals surface area contributed by atoms with E-state index in [1.165, 1.54) is 16.4 Å². The number of amides is 1. The van der Waals surface area contributed by atoms with Gasteiger partial charge in [-0.25, -0.2) is 8.42 Å². The van der Waals surface area contributed by atoms with Gasteiger partial charge in [-0.3, -0.25) is 4.79 Å². The summed E-state index contributed by atoms with van der Waals surface area (Å²) in [5, 5.41) is 2.68. The minimum absolute atomic E-state index is 0.197. The van der Waals surface area contributed by atoms with Crippen LogP contribution >= 0.6 is 0 Å². The average Bonchev–Trinajstić information content (AvgIpc) is 3.06. The highest BCUT2D eigenvalue weighted by molar-refractivity contribution is 7.89. The Morgan fingerprint density at radius 3 is 2.62 bits per heavy atom. The van der Waals surface area contributed by atoms with Crippen LogP contribution in [0.4, 0.5) is 5.69 Å². The molecule has 1 N–H and O–H groups in total. The number of nitrogens with zero attached hydrogens (tertiary/aromatic N) is 1. The normalized spacial score (nSPS) is 16.0. The Kier molecular flexibility index (Phi) is 5.58. The zero-order chi connectivity index (χ0) is 18.6. The maximum absolute atomic E-state index is 12.7. The molecule has 0 spiro atoms. The van der Waals surface area contributed by atoms with E-state index in [0.29, 0.717) is 24.5 Å². The highest BCUT2D eigenvalue weighted by Crippen LogP contribution is 2.23. The molecule has 1 aromatic carbocycles. The van der Waals surface area contributed by atoms with Gasteiger partial charge in [0.25, 0.3) is 0 Å². The molecule has 1 aromatic heterocycles. The fourth-order valence-corrected chi connectivity index (χ4v) is 4.44. The van der Waals surface area contributed by atoms with Crippen molar-refractivity contribution in [2.75, 3.05) is 18.4 Å². The first-order valence-electron chi connectivity index (χ1n) is 8.61. The van der Waals surface area contributed by atoms with Crippen LogP contribution in [0.2, 0.25) is 0 Å². The van der Waals surface area contributed by atoms with E-state index >= 15 is 0 Å². The quantitative estimate of drug-likeness (QED) is 0.814. The molecule has 1 fully saturated rings. The number of nitrogens with one attached hydrogen (secondary N) is 1. The molecule has 1 amide bonds. The highest BCUT2D eigenvalue weighted by Gasteiger charge is 2.26. The maximum Gasteiger partial charge on any atom is 0.248 e. The van der Waals surface area contributed by atoms with Crippen LogP contribution in [0.1, 0.15) is 30.8 Å². The van der Waals surface area contributed by atoms with E-state index in [2.05, 4.69) is 5.32 Å². The largest absolute Gasteiger partial charge is 0.462 e. The number of carbonyl (C=O) groups is 1. The van der Waals surface area contributed by atoms with Crippen LogP contribution in [0.5, 0.6) is 0 Å². The third-order valence-electron chi connectivity index (χ3n) is 4.21. The van der Waals surface area contributed by atoms with Gasteiger partial charge in [-0.1, -0.05) is 12.5 Å². The van der Waals surface area contributed by atoms with Gasteiger partial charge in [0.1, 0.15) is 11.5 Å². The lowest BCUT2D eigenvalue weighted by molar-refractivity contribution is -0.111. The van der Waals surface area contributed by atoms with Crippen LogP contribution in [-0.4, -0.2) is 31.7 Å². The zero-order valence-corrected chi connectivity index (χ0v) is 15.5. The summed E-state index contributed by atoms with van der Waals surface area (Å²) >= 11 is 0. The number of hydrogen-bond acceptors (Lipinski definition) is 4. The molecule has 1 aliphatic rings. The number of sulfonamides is 1. The molecule has 0 atom stereocenters.